The van der Waals surface area contributed by atoms with E-state index in [0.29, 0.717) is 18.0 Å². The second-order valence-corrected chi connectivity index (χ2v) is 7.47. The van der Waals surface area contributed by atoms with Gasteiger partial charge in [0.05, 0.1) is 6.04 Å². The van der Waals surface area contributed by atoms with Gasteiger partial charge < -0.3 is 0 Å². The van der Waals surface area contributed by atoms with Crippen LogP contribution in [-0.2, 0) is 6.54 Å². The molecule has 0 spiro atoms. The summed E-state index contributed by atoms with van der Waals surface area (Å²) in [6.07, 6.45) is 1.15. The van der Waals surface area contributed by atoms with Gasteiger partial charge in [0.15, 0.2) is 0 Å². The fourth-order valence-corrected chi connectivity index (χ4v) is 4.49. The Balaban J connectivity index is 1.37. The first kappa shape index (κ1) is 15.9. The van der Waals surface area contributed by atoms with Crippen LogP contribution < -0.4 is 10.9 Å². The lowest BCUT2D eigenvalue weighted by atomic mass is 9.83. The molecule has 26 heavy (non-hydrogen) atoms. The lowest BCUT2D eigenvalue weighted by Crippen LogP contribution is -2.45. The van der Waals surface area contributed by atoms with E-state index in [-0.39, 0.29) is 0 Å². The van der Waals surface area contributed by atoms with Crippen molar-refractivity contribution in [1.82, 2.24) is 26.1 Å². The summed E-state index contributed by atoms with van der Waals surface area (Å²) in [4.78, 5) is 2.53. The van der Waals surface area contributed by atoms with Crippen LogP contribution in [0.25, 0.3) is 11.0 Å². The van der Waals surface area contributed by atoms with Crippen LogP contribution in [0.4, 0.5) is 0 Å². The molecular formula is C20H23N5O. The number of fused-ring (bicyclic) bond motifs is 2. The van der Waals surface area contributed by atoms with Gasteiger partial charge in [0.25, 0.3) is 0 Å². The largest absolute Gasteiger partial charge is 0.299 e. The van der Waals surface area contributed by atoms with Crippen LogP contribution in [0.3, 0.4) is 0 Å². The van der Waals surface area contributed by atoms with Crippen LogP contribution in [0.5, 0.6) is 0 Å². The Kier molecular flexibility index (Phi) is 3.96. The predicted molar refractivity (Wildman–Crippen MR) is 99.2 cm³/mol. The molecule has 2 aromatic carbocycles. The van der Waals surface area contributed by atoms with Gasteiger partial charge in [0.1, 0.15) is 11.0 Å². The highest BCUT2D eigenvalue weighted by atomic mass is 16.6. The first-order valence-electron chi connectivity index (χ1n) is 9.29. The highest BCUT2D eigenvalue weighted by Gasteiger charge is 2.40. The molecule has 0 bridgehead atoms. The minimum atomic E-state index is 0.355. The van der Waals surface area contributed by atoms with Gasteiger partial charge in [0.2, 0.25) is 0 Å². The standard InChI is InChI=1S/C20H23N5O/c1-13-5-2-3-7-15(13)20-16-12-25(10-9-17(16)21-22-20)11-14-6-4-8-18-19(14)24-26-23-18/h2-8,16-17,20-22H,9-12H2,1H3. The number of likely N-dealkylation sites (tertiary alicyclic amines) is 1. The first-order chi connectivity index (χ1) is 12.8. The maximum absolute atomic E-state index is 4.91. The molecule has 0 radical (unpaired) electrons. The Morgan fingerprint density at radius 1 is 1.12 bits per heavy atom. The van der Waals surface area contributed by atoms with E-state index >= 15 is 0 Å². The fourth-order valence-electron chi connectivity index (χ4n) is 4.49. The third-order valence-electron chi connectivity index (χ3n) is 5.88. The van der Waals surface area contributed by atoms with Crippen molar-refractivity contribution in [2.45, 2.75) is 32.0 Å². The molecule has 0 aliphatic carbocycles. The Morgan fingerprint density at radius 3 is 2.96 bits per heavy atom. The van der Waals surface area contributed by atoms with E-state index < -0.39 is 0 Å². The molecular weight excluding hydrogens is 326 g/mol. The average molecular weight is 349 g/mol. The molecule has 2 aliphatic heterocycles. The van der Waals surface area contributed by atoms with E-state index in [9.17, 15) is 0 Å². The summed E-state index contributed by atoms with van der Waals surface area (Å²) in [5, 5.41) is 8.05. The molecule has 1 aromatic heterocycles. The van der Waals surface area contributed by atoms with Crippen LogP contribution in [0.2, 0.25) is 0 Å². The molecule has 0 amide bonds. The van der Waals surface area contributed by atoms with Crippen molar-refractivity contribution >= 4 is 11.0 Å². The maximum Gasteiger partial charge on any atom is 0.139 e. The summed E-state index contributed by atoms with van der Waals surface area (Å²) in [5.74, 6) is 0.555. The minimum absolute atomic E-state index is 0.355. The van der Waals surface area contributed by atoms with E-state index in [4.69, 9.17) is 4.63 Å². The molecule has 2 fully saturated rings. The first-order valence-corrected chi connectivity index (χ1v) is 9.29. The molecule has 2 N–H and O–H groups in total. The molecule has 5 rings (SSSR count). The topological polar surface area (TPSA) is 66.2 Å². The smallest absolute Gasteiger partial charge is 0.139 e. The quantitative estimate of drug-likeness (QED) is 0.758. The lowest BCUT2D eigenvalue weighted by molar-refractivity contribution is 0.148. The number of hydrogen-bond acceptors (Lipinski definition) is 6. The SMILES string of the molecule is Cc1ccccc1C1NNC2CCN(Cc3cccc4nonc34)CC21. The van der Waals surface area contributed by atoms with Gasteiger partial charge in [-0.3, -0.25) is 10.3 Å². The van der Waals surface area contributed by atoms with Crippen molar-refractivity contribution in [1.29, 1.82) is 0 Å². The Bertz CT molecular complexity index is 923. The molecule has 3 heterocycles. The molecule has 3 aromatic rings. The second kappa shape index (κ2) is 6.46. The summed E-state index contributed by atoms with van der Waals surface area (Å²) >= 11 is 0. The summed E-state index contributed by atoms with van der Waals surface area (Å²) in [6, 6.07) is 15.7. The average Bonchev–Trinajstić information content (AvgIpc) is 3.29. The monoisotopic (exact) mass is 349 g/mol. The van der Waals surface area contributed by atoms with Gasteiger partial charge in [-0.1, -0.05) is 36.4 Å². The zero-order valence-corrected chi connectivity index (χ0v) is 14.9. The highest BCUT2D eigenvalue weighted by molar-refractivity contribution is 5.76. The molecule has 6 heteroatoms. The number of benzene rings is 2. The van der Waals surface area contributed by atoms with Crippen LogP contribution in [-0.4, -0.2) is 34.3 Å². The van der Waals surface area contributed by atoms with E-state index in [1.807, 2.05) is 12.1 Å². The minimum Gasteiger partial charge on any atom is -0.299 e. The van der Waals surface area contributed by atoms with Crippen molar-refractivity contribution in [2.24, 2.45) is 5.92 Å². The molecule has 3 unspecified atom stereocenters. The van der Waals surface area contributed by atoms with E-state index in [2.05, 4.69) is 63.3 Å². The molecule has 134 valence electrons. The number of nitrogens with zero attached hydrogens (tertiary/aromatic N) is 3. The summed E-state index contributed by atoms with van der Waals surface area (Å²) < 4.78 is 4.91. The van der Waals surface area contributed by atoms with Crippen molar-refractivity contribution in [2.75, 3.05) is 13.1 Å². The van der Waals surface area contributed by atoms with E-state index in [1.165, 1.54) is 16.7 Å². The predicted octanol–water partition coefficient (Wildman–Crippen LogP) is 2.57. The lowest BCUT2D eigenvalue weighted by Gasteiger charge is -2.36. The highest BCUT2D eigenvalue weighted by Crippen LogP contribution is 2.35. The number of hydrazine groups is 1. The van der Waals surface area contributed by atoms with Crippen LogP contribution in [0, 0.1) is 12.8 Å². The molecule has 3 atom stereocenters. The maximum atomic E-state index is 4.91. The molecule has 2 aliphatic rings. The van der Waals surface area contributed by atoms with E-state index in [0.717, 1.165) is 37.1 Å². The van der Waals surface area contributed by atoms with Crippen molar-refractivity contribution < 1.29 is 4.63 Å². The number of rotatable bonds is 3. The third-order valence-corrected chi connectivity index (χ3v) is 5.88. The Labute approximate surface area is 152 Å². The van der Waals surface area contributed by atoms with Gasteiger partial charge in [0, 0.05) is 31.6 Å². The number of aryl methyl sites for hydroxylation is 1. The van der Waals surface area contributed by atoms with Gasteiger partial charge >= 0.3 is 0 Å². The molecule has 0 saturated carbocycles. The molecule has 2 saturated heterocycles. The van der Waals surface area contributed by atoms with Crippen LogP contribution in [0.1, 0.15) is 29.2 Å². The molecule has 6 nitrogen and oxygen atoms in total. The Hall–Kier alpha value is -2.28. The number of nitrogens with one attached hydrogen (secondary N) is 2. The summed E-state index contributed by atoms with van der Waals surface area (Å²) in [5.41, 5.74) is 12.7. The third kappa shape index (κ3) is 2.70. The van der Waals surface area contributed by atoms with E-state index in [1.54, 1.807) is 0 Å². The zero-order valence-electron chi connectivity index (χ0n) is 14.9. The normalized spacial score (nSPS) is 26.3. The number of aromatic nitrogens is 2. The van der Waals surface area contributed by atoms with Crippen molar-refractivity contribution in [3.8, 4) is 0 Å². The zero-order chi connectivity index (χ0) is 17.5. The second-order valence-electron chi connectivity index (χ2n) is 7.47. The summed E-state index contributed by atoms with van der Waals surface area (Å²) in [6.45, 7) is 5.22. The van der Waals surface area contributed by atoms with Crippen LogP contribution in [0.15, 0.2) is 47.1 Å². The number of hydrogen-bond donors (Lipinski definition) is 2. The summed E-state index contributed by atoms with van der Waals surface area (Å²) in [7, 11) is 0. The number of piperidine rings is 1. The van der Waals surface area contributed by atoms with Gasteiger partial charge in [-0.25, -0.2) is 10.1 Å². The van der Waals surface area contributed by atoms with Gasteiger partial charge in [-0.15, -0.1) is 0 Å². The van der Waals surface area contributed by atoms with Gasteiger partial charge in [-0.05, 0) is 46.4 Å². The van der Waals surface area contributed by atoms with Crippen molar-refractivity contribution in [3.63, 3.8) is 0 Å². The van der Waals surface area contributed by atoms with Crippen LogP contribution >= 0.6 is 0 Å². The fraction of sp³-hybridized carbons (Fsp3) is 0.400. The van der Waals surface area contributed by atoms with Crippen molar-refractivity contribution in [3.05, 3.63) is 59.2 Å². The Morgan fingerprint density at radius 2 is 2.04 bits per heavy atom. The van der Waals surface area contributed by atoms with Gasteiger partial charge in [-0.2, -0.15) is 0 Å².